The van der Waals surface area contributed by atoms with E-state index in [1.54, 1.807) is 17.5 Å². The average molecular weight is 381 g/mol. The Hall–Kier alpha value is -0.400. The van der Waals surface area contributed by atoms with Crippen molar-refractivity contribution in [3.8, 4) is 0 Å². The molecule has 0 fully saturated rings. The average Bonchev–Trinajstić information content (AvgIpc) is 2.76. The maximum absolute atomic E-state index is 12.0. The van der Waals surface area contributed by atoms with Crippen molar-refractivity contribution in [2.24, 2.45) is 0 Å². The predicted octanol–water partition coefficient (Wildman–Crippen LogP) is 3.69. The molecule has 0 unspecified atom stereocenters. The van der Waals surface area contributed by atoms with E-state index in [9.17, 15) is 8.42 Å². The molecule has 0 saturated carbocycles. The quantitative estimate of drug-likeness (QED) is 0.860. The van der Waals surface area contributed by atoms with Gasteiger partial charge in [-0.05, 0) is 51.5 Å². The summed E-state index contributed by atoms with van der Waals surface area (Å²) in [6.45, 7) is 0.340. The molecular weight excluding hydrogens is 370 g/mol. The van der Waals surface area contributed by atoms with E-state index in [1.807, 2.05) is 18.2 Å². The second-order valence-corrected chi connectivity index (χ2v) is 8.00. The molecule has 2 aromatic rings. The molecule has 0 saturated heterocycles. The topological polar surface area (TPSA) is 46.2 Å². The van der Waals surface area contributed by atoms with Gasteiger partial charge in [-0.15, -0.1) is 11.3 Å². The lowest BCUT2D eigenvalue weighted by molar-refractivity contribution is 0.583. The summed E-state index contributed by atoms with van der Waals surface area (Å²) in [5.41, 5.74) is 1.00. The molecule has 3 nitrogen and oxygen atoms in total. The van der Waals surface area contributed by atoms with Gasteiger partial charge in [0, 0.05) is 16.0 Å². The Labute approximate surface area is 129 Å². The largest absolute Gasteiger partial charge is 0.251 e. The van der Waals surface area contributed by atoms with Crippen LogP contribution in [0.1, 0.15) is 5.56 Å². The molecule has 0 atom stereocenters. The molecule has 0 bridgehead atoms. The van der Waals surface area contributed by atoms with Crippen molar-refractivity contribution in [3.05, 3.63) is 50.8 Å². The Morgan fingerprint density at radius 1 is 1.32 bits per heavy atom. The summed E-state index contributed by atoms with van der Waals surface area (Å²) in [6.07, 6.45) is 0.600. The number of nitrogens with one attached hydrogen (secondary N) is 1. The highest BCUT2D eigenvalue weighted by atomic mass is 79.9. The van der Waals surface area contributed by atoms with Gasteiger partial charge in [0.15, 0.2) is 0 Å². The Bertz CT molecular complexity index is 670. The molecule has 0 aliphatic rings. The lowest BCUT2D eigenvalue weighted by atomic mass is 10.2. The zero-order valence-electron chi connectivity index (χ0n) is 9.77. The number of sulfonamides is 1. The molecule has 19 heavy (non-hydrogen) atoms. The van der Waals surface area contributed by atoms with Crippen LogP contribution in [-0.2, 0) is 16.4 Å². The van der Waals surface area contributed by atoms with Crippen LogP contribution in [0.3, 0.4) is 0 Å². The second kappa shape index (κ2) is 6.37. The number of benzene rings is 1. The Morgan fingerprint density at radius 3 is 2.74 bits per heavy atom. The molecule has 0 amide bonds. The SMILES string of the molecule is O=S(=O)(NCCc1cccc(Cl)c1)c1sccc1Br. The van der Waals surface area contributed by atoms with E-state index in [0.29, 0.717) is 26.7 Å². The summed E-state index contributed by atoms with van der Waals surface area (Å²) in [4.78, 5) is 0. The van der Waals surface area contributed by atoms with Crippen molar-refractivity contribution in [1.82, 2.24) is 4.72 Å². The first-order chi connectivity index (χ1) is 8.99. The number of thiophene rings is 1. The van der Waals surface area contributed by atoms with Crippen LogP contribution in [-0.4, -0.2) is 15.0 Å². The van der Waals surface area contributed by atoms with Gasteiger partial charge in [-0.25, -0.2) is 13.1 Å². The molecule has 1 N–H and O–H groups in total. The van der Waals surface area contributed by atoms with Crippen LogP contribution >= 0.6 is 38.9 Å². The van der Waals surface area contributed by atoms with E-state index in [4.69, 9.17) is 11.6 Å². The van der Waals surface area contributed by atoms with Gasteiger partial charge in [-0.2, -0.15) is 0 Å². The highest BCUT2D eigenvalue weighted by Gasteiger charge is 2.18. The van der Waals surface area contributed by atoms with Crippen molar-refractivity contribution in [1.29, 1.82) is 0 Å². The number of rotatable bonds is 5. The molecule has 0 aliphatic carbocycles. The van der Waals surface area contributed by atoms with Gasteiger partial charge in [0.2, 0.25) is 0 Å². The van der Waals surface area contributed by atoms with Crippen LogP contribution in [0.2, 0.25) is 5.02 Å². The summed E-state index contributed by atoms with van der Waals surface area (Å²) in [5.74, 6) is 0. The minimum absolute atomic E-state index is 0.304. The van der Waals surface area contributed by atoms with E-state index in [0.717, 1.165) is 5.56 Å². The lowest BCUT2D eigenvalue weighted by Crippen LogP contribution is -2.25. The van der Waals surface area contributed by atoms with Gasteiger partial charge >= 0.3 is 0 Å². The van der Waals surface area contributed by atoms with E-state index in [1.165, 1.54) is 11.3 Å². The molecule has 0 spiro atoms. The van der Waals surface area contributed by atoms with E-state index in [2.05, 4.69) is 20.7 Å². The fourth-order valence-electron chi connectivity index (χ4n) is 1.56. The fraction of sp³-hybridized carbons (Fsp3) is 0.167. The third kappa shape index (κ3) is 4.03. The summed E-state index contributed by atoms with van der Waals surface area (Å²) in [5, 5.41) is 2.39. The van der Waals surface area contributed by atoms with Crippen molar-refractivity contribution in [2.45, 2.75) is 10.6 Å². The number of hydrogen-bond donors (Lipinski definition) is 1. The maximum atomic E-state index is 12.0. The highest BCUT2D eigenvalue weighted by Crippen LogP contribution is 2.27. The Kier molecular flexibility index (Phi) is 5.03. The van der Waals surface area contributed by atoms with Crippen molar-refractivity contribution in [3.63, 3.8) is 0 Å². The summed E-state index contributed by atoms with van der Waals surface area (Å²) in [6, 6.07) is 9.11. The predicted molar refractivity (Wildman–Crippen MR) is 82.4 cm³/mol. The van der Waals surface area contributed by atoms with Crippen LogP contribution < -0.4 is 4.72 Å². The Morgan fingerprint density at radius 2 is 2.11 bits per heavy atom. The highest BCUT2D eigenvalue weighted by molar-refractivity contribution is 9.10. The van der Waals surface area contributed by atoms with Gasteiger partial charge in [-0.3, -0.25) is 0 Å². The van der Waals surface area contributed by atoms with E-state index < -0.39 is 10.0 Å². The van der Waals surface area contributed by atoms with Gasteiger partial charge in [0.05, 0.1) is 0 Å². The van der Waals surface area contributed by atoms with Crippen molar-refractivity contribution >= 4 is 48.9 Å². The molecular formula is C12H11BrClNO2S2. The van der Waals surface area contributed by atoms with E-state index in [-0.39, 0.29) is 0 Å². The zero-order valence-corrected chi connectivity index (χ0v) is 13.7. The monoisotopic (exact) mass is 379 g/mol. The first-order valence-corrected chi connectivity index (χ1v) is 8.99. The third-order valence-corrected chi connectivity index (χ3v) is 6.79. The smallest absolute Gasteiger partial charge is 0.210 e. The molecule has 1 heterocycles. The molecule has 0 radical (unpaired) electrons. The minimum atomic E-state index is -3.44. The zero-order chi connectivity index (χ0) is 13.9. The molecule has 7 heteroatoms. The normalized spacial score (nSPS) is 11.7. The number of hydrogen-bond acceptors (Lipinski definition) is 3. The lowest BCUT2D eigenvalue weighted by Gasteiger charge is -2.06. The van der Waals surface area contributed by atoms with Crippen LogP contribution in [0.25, 0.3) is 0 Å². The number of halogens is 2. The first kappa shape index (κ1) is 15.0. The maximum Gasteiger partial charge on any atom is 0.251 e. The van der Waals surface area contributed by atoms with Crippen molar-refractivity contribution < 1.29 is 8.42 Å². The third-order valence-electron chi connectivity index (χ3n) is 2.42. The van der Waals surface area contributed by atoms with Crippen LogP contribution in [0.15, 0.2) is 44.4 Å². The van der Waals surface area contributed by atoms with Crippen molar-refractivity contribution in [2.75, 3.05) is 6.54 Å². The summed E-state index contributed by atoms with van der Waals surface area (Å²) in [7, 11) is -3.44. The fourth-order valence-corrected chi connectivity index (χ4v) is 5.18. The molecule has 2 rings (SSSR count). The summed E-state index contributed by atoms with van der Waals surface area (Å²) >= 11 is 10.3. The van der Waals surface area contributed by atoms with Gasteiger partial charge in [-0.1, -0.05) is 23.7 Å². The van der Waals surface area contributed by atoms with Crippen LogP contribution in [0.5, 0.6) is 0 Å². The minimum Gasteiger partial charge on any atom is -0.210 e. The standard InChI is InChI=1S/C12H11BrClNO2S2/c13-11-5-7-18-12(11)19(16,17)15-6-4-9-2-1-3-10(14)8-9/h1-3,5,7-8,15H,4,6H2. The van der Waals surface area contributed by atoms with Gasteiger partial charge < -0.3 is 0 Å². The Balaban J connectivity index is 1.98. The molecule has 1 aromatic carbocycles. The van der Waals surface area contributed by atoms with Crippen LogP contribution in [0, 0.1) is 0 Å². The van der Waals surface area contributed by atoms with E-state index >= 15 is 0 Å². The second-order valence-electron chi connectivity index (χ2n) is 3.83. The van der Waals surface area contributed by atoms with Gasteiger partial charge in [0.25, 0.3) is 10.0 Å². The first-order valence-electron chi connectivity index (χ1n) is 5.46. The molecule has 102 valence electrons. The van der Waals surface area contributed by atoms with Gasteiger partial charge in [0.1, 0.15) is 4.21 Å². The molecule has 1 aromatic heterocycles. The van der Waals surface area contributed by atoms with Crippen LogP contribution in [0.4, 0.5) is 0 Å². The molecule has 0 aliphatic heterocycles. The summed E-state index contributed by atoms with van der Waals surface area (Å²) < 4.78 is 27.5.